The fraction of sp³-hybridized carbons (Fsp3) is 0.350. The van der Waals surface area contributed by atoms with Crippen molar-refractivity contribution in [2.75, 3.05) is 21.0 Å². The Morgan fingerprint density at radius 3 is 2.48 bits per heavy atom. The van der Waals surface area contributed by atoms with E-state index in [1.165, 1.54) is 11.1 Å². The standard InChI is InChI=1S/C20H27NO2/c1-8-9-15(3)20(21-13-22-6)19-11-14(2)10-16(4)18(19)12-17(5)23-7/h8-11H,3,5,12-13H2,1-2,4,6-7H3/b9-8-,21-20?. The molecule has 0 fully saturated rings. The molecule has 1 aromatic rings. The Kier molecular flexibility index (Phi) is 7.49. The minimum absolute atomic E-state index is 0.295. The van der Waals surface area contributed by atoms with Crippen molar-refractivity contribution in [3.05, 3.63) is 71.0 Å². The zero-order chi connectivity index (χ0) is 17.4. The van der Waals surface area contributed by atoms with Crippen LogP contribution in [0, 0.1) is 13.8 Å². The van der Waals surface area contributed by atoms with E-state index >= 15 is 0 Å². The lowest BCUT2D eigenvalue weighted by Crippen LogP contribution is -2.11. The SMILES string of the molecule is C=C(Cc1c(C)cc(C)cc1C(=NCOC)C(=C)/C=C\C)OC. The van der Waals surface area contributed by atoms with E-state index in [9.17, 15) is 0 Å². The summed E-state index contributed by atoms with van der Waals surface area (Å²) in [5.74, 6) is 0.723. The second kappa shape index (κ2) is 9.11. The van der Waals surface area contributed by atoms with E-state index in [4.69, 9.17) is 9.47 Å². The molecule has 0 aromatic heterocycles. The van der Waals surface area contributed by atoms with Gasteiger partial charge in [0.25, 0.3) is 0 Å². The van der Waals surface area contributed by atoms with Crippen molar-refractivity contribution in [2.24, 2.45) is 4.99 Å². The van der Waals surface area contributed by atoms with Crippen molar-refractivity contribution in [1.29, 1.82) is 0 Å². The van der Waals surface area contributed by atoms with Gasteiger partial charge in [0.2, 0.25) is 0 Å². The lowest BCUT2D eigenvalue weighted by Gasteiger charge is -2.17. The smallest absolute Gasteiger partial charge is 0.137 e. The summed E-state index contributed by atoms with van der Waals surface area (Å²) < 4.78 is 10.4. The molecule has 0 amide bonds. The van der Waals surface area contributed by atoms with Crippen molar-refractivity contribution in [3.8, 4) is 0 Å². The van der Waals surface area contributed by atoms with Gasteiger partial charge >= 0.3 is 0 Å². The number of methoxy groups -OCH3 is 2. The van der Waals surface area contributed by atoms with Crippen LogP contribution in [0.3, 0.4) is 0 Å². The van der Waals surface area contributed by atoms with E-state index in [0.717, 1.165) is 28.2 Å². The molecule has 0 spiro atoms. The van der Waals surface area contributed by atoms with E-state index < -0.39 is 0 Å². The van der Waals surface area contributed by atoms with Crippen molar-refractivity contribution >= 4 is 5.71 Å². The van der Waals surface area contributed by atoms with Crippen LogP contribution in [0.5, 0.6) is 0 Å². The van der Waals surface area contributed by atoms with Gasteiger partial charge in [-0.25, -0.2) is 0 Å². The number of hydrogen-bond donors (Lipinski definition) is 0. The molecule has 124 valence electrons. The number of allylic oxidation sites excluding steroid dienone is 4. The number of aryl methyl sites for hydroxylation is 2. The summed E-state index contributed by atoms with van der Waals surface area (Å²) in [5, 5.41) is 0. The highest BCUT2D eigenvalue weighted by molar-refractivity contribution is 6.15. The molecule has 1 rings (SSSR count). The number of nitrogens with zero attached hydrogens (tertiary/aromatic N) is 1. The van der Waals surface area contributed by atoms with Gasteiger partial charge in [-0.05, 0) is 43.5 Å². The zero-order valence-electron chi connectivity index (χ0n) is 14.9. The highest BCUT2D eigenvalue weighted by atomic mass is 16.5. The van der Waals surface area contributed by atoms with Gasteiger partial charge in [0.1, 0.15) is 6.73 Å². The van der Waals surface area contributed by atoms with Crippen LogP contribution in [0.2, 0.25) is 0 Å². The molecule has 0 bridgehead atoms. The summed E-state index contributed by atoms with van der Waals surface area (Å²) in [7, 11) is 3.28. The number of benzene rings is 1. The number of ether oxygens (including phenoxy) is 2. The molecule has 0 saturated heterocycles. The van der Waals surface area contributed by atoms with Gasteiger partial charge in [-0.1, -0.05) is 36.9 Å². The molecule has 0 aliphatic heterocycles. The van der Waals surface area contributed by atoms with Crippen molar-refractivity contribution in [2.45, 2.75) is 27.2 Å². The van der Waals surface area contributed by atoms with Crippen LogP contribution in [0.25, 0.3) is 0 Å². The third kappa shape index (κ3) is 5.22. The van der Waals surface area contributed by atoms with Crippen LogP contribution in [-0.2, 0) is 15.9 Å². The quantitative estimate of drug-likeness (QED) is 0.401. The van der Waals surface area contributed by atoms with Crippen molar-refractivity contribution < 1.29 is 9.47 Å². The molecule has 1 aromatic carbocycles. The Morgan fingerprint density at radius 1 is 1.22 bits per heavy atom. The van der Waals surface area contributed by atoms with E-state index in [0.29, 0.717) is 13.2 Å². The monoisotopic (exact) mass is 313 g/mol. The van der Waals surface area contributed by atoms with Crippen LogP contribution in [0.15, 0.2) is 53.8 Å². The Bertz CT molecular complexity index is 639. The third-order valence-electron chi connectivity index (χ3n) is 3.56. The maximum Gasteiger partial charge on any atom is 0.137 e. The Hall–Kier alpha value is -2.13. The Labute approximate surface area is 140 Å². The first-order chi connectivity index (χ1) is 10.9. The minimum Gasteiger partial charge on any atom is -0.501 e. The average molecular weight is 313 g/mol. The first kappa shape index (κ1) is 18.9. The van der Waals surface area contributed by atoms with Crippen LogP contribution >= 0.6 is 0 Å². The molecule has 0 saturated carbocycles. The second-order valence-corrected chi connectivity index (χ2v) is 5.48. The summed E-state index contributed by atoms with van der Waals surface area (Å²) >= 11 is 0. The van der Waals surface area contributed by atoms with Gasteiger partial charge in [0, 0.05) is 19.1 Å². The fourth-order valence-corrected chi connectivity index (χ4v) is 2.48. The van der Waals surface area contributed by atoms with Crippen molar-refractivity contribution in [3.63, 3.8) is 0 Å². The van der Waals surface area contributed by atoms with Gasteiger partial charge in [0.05, 0.1) is 18.6 Å². The van der Waals surface area contributed by atoms with Crippen LogP contribution in [0.4, 0.5) is 0 Å². The van der Waals surface area contributed by atoms with E-state index in [1.807, 2.05) is 19.1 Å². The van der Waals surface area contributed by atoms with E-state index in [1.54, 1.807) is 14.2 Å². The number of hydrogen-bond acceptors (Lipinski definition) is 3. The lowest BCUT2D eigenvalue weighted by molar-refractivity contribution is 0.209. The second-order valence-electron chi connectivity index (χ2n) is 5.48. The van der Waals surface area contributed by atoms with Gasteiger partial charge in [-0.15, -0.1) is 0 Å². The first-order valence-electron chi connectivity index (χ1n) is 7.62. The number of rotatable bonds is 8. The molecule has 23 heavy (non-hydrogen) atoms. The Morgan fingerprint density at radius 2 is 1.91 bits per heavy atom. The summed E-state index contributed by atoms with van der Waals surface area (Å²) in [6, 6.07) is 4.29. The first-order valence-corrected chi connectivity index (χ1v) is 7.62. The molecule has 0 heterocycles. The molecule has 0 N–H and O–H groups in total. The zero-order valence-corrected chi connectivity index (χ0v) is 14.9. The minimum atomic E-state index is 0.295. The molecular weight excluding hydrogens is 286 g/mol. The van der Waals surface area contributed by atoms with Crippen LogP contribution < -0.4 is 0 Å². The van der Waals surface area contributed by atoms with E-state index in [2.05, 4.69) is 44.1 Å². The highest BCUT2D eigenvalue weighted by Gasteiger charge is 2.15. The fourth-order valence-electron chi connectivity index (χ4n) is 2.48. The summed E-state index contributed by atoms with van der Waals surface area (Å²) in [6.07, 6.45) is 4.56. The summed E-state index contributed by atoms with van der Waals surface area (Å²) in [6.45, 7) is 14.5. The summed E-state index contributed by atoms with van der Waals surface area (Å²) in [4.78, 5) is 4.58. The maximum atomic E-state index is 5.27. The van der Waals surface area contributed by atoms with Gasteiger partial charge < -0.3 is 9.47 Å². The molecule has 3 heteroatoms. The number of aliphatic imine (C=N–C) groups is 1. The normalized spacial score (nSPS) is 11.8. The van der Waals surface area contributed by atoms with Gasteiger partial charge in [0.15, 0.2) is 0 Å². The van der Waals surface area contributed by atoms with Crippen molar-refractivity contribution in [1.82, 2.24) is 0 Å². The maximum absolute atomic E-state index is 5.27. The largest absolute Gasteiger partial charge is 0.501 e. The van der Waals surface area contributed by atoms with Crippen LogP contribution in [0.1, 0.15) is 29.2 Å². The summed E-state index contributed by atoms with van der Waals surface area (Å²) in [5.41, 5.74) is 6.29. The van der Waals surface area contributed by atoms with Gasteiger partial charge in [-0.3, -0.25) is 4.99 Å². The Balaban J connectivity index is 3.50. The molecule has 0 atom stereocenters. The lowest BCUT2D eigenvalue weighted by atomic mass is 9.90. The van der Waals surface area contributed by atoms with E-state index in [-0.39, 0.29) is 0 Å². The topological polar surface area (TPSA) is 30.8 Å². The predicted molar refractivity (Wildman–Crippen MR) is 98.1 cm³/mol. The average Bonchev–Trinajstić information content (AvgIpc) is 2.50. The molecule has 0 radical (unpaired) electrons. The van der Waals surface area contributed by atoms with Crippen LogP contribution in [-0.4, -0.2) is 26.7 Å². The molecule has 0 aliphatic rings. The molecule has 0 aliphatic carbocycles. The molecule has 3 nitrogen and oxygen atoms in total. The predicted octanol–water partition coefficient (Wildman–Crippen LogP) is 4.53. The van der Waals surface area contributed by atoms with Gasteiger partial charge in [-0.2, -0.15) is 0 Å². The third-order valence-corrected chi connectivity index (χ3v) is 3.56. The molecule has 0 unspecified atom stereocenters. The molecular formula is C20H27NO2. The highest BCUT2D eigenvalue weighted by Crippen LogP contribution is 2.24.